The van der Waals surface area contributed by atoms with Crippen LogP contribution in [-0.2, 0) is 28.2 Å². The minimum Gasteiger partial charge on any atom is -0.495 e. The zero-order valence-electron chi connectivity index (χ0n) is 24.6. The van der Waals surface area contributed by atoms with Crippen LogP contribution in [0.4, 0.5) is 26.3 Å². The number of methoxy groups -OCH3 is 2. The van der Waals surface area contributed by atoms with Crippen LogP contribution in [0.3, 0.4) is 0 Å². The van der Waals surface area contributed by atoms with Gasteiger partial charge in [0.25, 0.3) is 5.91 Å². The average molecular weight is 711 g/mol. The first-order valence-electron chi connectivity index (χ1n) is 13.8. The minimum absolute atomic E-state index is 0. The number of ether oxygens (including phenoxy) is 3. The van der Waals surface area contributed by atoms with Crippen molar-refractivity contribution in [1.29, 1.82) is 0 Å². The van der Waals surface area contributed by atoms with Crippen LogP contribution in [0.25, 0.3) is 0 Å². The molecule has 1 amide bonds. The van der Waals surface area contributed by atoms with Crippen molar-refractivity contribution in [3.63, 3.8) is 0 Å². The van der Waals surface area contributed by atoms with Crippen molar-refractivity contribution in [2.75, 3.05) is 73.2 Å². The van der Waals surface area contributed by atoms with Crippen molar-refractivity contribution in [1.82, 2.24) is 14.7 Å². The summed E-state index contributed by atoms with van der Waals surface area (Å²) >= 11 is 6.17. The number of morpholine rings is 1. The van der Waals surface area contributed by atoms with Crippen LogP contribution in [-0.4, -0.2) is 106 Å². The van der Waals surface area contributed by atoms with Gasteiger partial charge in [-0.25, -0.2) is 0 Å². The van der Waals surface area contributed by atoms with Gasteiger partial charge in [-0.15, -0.1) is 24.8 Å². The molecule has 0 saturated carbocycles. The van der Waals surface area contributed by atoms with E-state index in [1.54, 1.807) is 25.3 Å². The van der Waals surface area contributed by atoms with E-state index in [2.05, 4.69) is 9.80 Å². The summed E-state index contributed by atoms with van der Waals surface area (Å²) in [6.45, 7) is 4.80. The molecule has 2 saturated heterocycles. The molecule has 7 nitrogen and oxygen atoms in total. The Morgan fingerprint density at radius 1 is 0.911 bits per heavy atom. The van der Waals surface area contributed by atoms with Crippen molar-refractivity contribution < 1.29 is 45.3 Å². The fourth-order valence-corrected chi connectivity index (χ4v) is 5.66. The number of carbonyl (C=O) groups is 1. The zero-order valence-corrected chi connectivity index (χ0v) is 27.0. The molecule has 2 aliphatic heterocycles. The van der Waals surface area contributed by atoms with Gasteiger partial charge in [0.15, 0.2) is 0 Å². The standard InChI is InChI=1S/C29H34ClF6N3O4.2ClH/c1-41-18-24-17-38(9-10-43-24)6-5-37-7-8-39(23(16-37)11-19-3-4-25(30)26(12-19)42-2)27(40)20-13-21(28(31,32)33)15-22(14-20)29(34,35)36;;/h3-4,12-15,23-24H,5-11,16-18H2,1-2H3;2*1H/t23?,24-;;/m0../s1. The molecule has 0 N–H and O–H groups in total. The highest BCUT2D eigenvalue weighted by Gasteiger charge is 2.39. The highest BCUT2D eigenvalue weighted by molar-refractivity contribution is 6.32. The first kappa shape index (κ1) is 39.2. The third kappa shape index (κ3) is 10.5. The number of amides is 1. The van der Waals surface area contributed by atoms with Crippen LogP contribution >= 0.6 is 36.4 Å². The second-order valence-corrected chi connectivity index (χ2v) is 11.1. The van der Waals surface area contributed by atoms with Crippen molar-refractivity contribution in [3.8, 4) is 5.75 Å². The van der Waals surface area contributed by atoms with Gasteiger partial charge in [0.2, 0.25) is 0 Å². The summed E-state index contributed by atoms with van der Waals surface area (Å²) < 4.78 is 97.4. The lowest BCUT2D eigenvalue weighted by molar-refractivity contribution is -0.143. The highest BCUT2D eigenvalue weighted by Crippen LogP contribution is 2.37. The van der Waals surface area contributed by atoms with Crippen molar-refractivity contribution >= 4 is 42.3 Å². The van der Waals surface area contributed by atoms with Crippen LogP contribution in [0.5, 0.6) is 5.75 Å². The molecule has 0 radical (unpaired) electrons. The Morgan fingerprint density at radius 3 is 2.11 bits per heavy atom. The van der Waals surface area contributed by atoms with Crippen molar-refractivity contribution in [3.05, 3.63) is 63.7 Å². The minimum atomic E-state index is -5.06. The zero-order chi connectivity index (χ0) is 31.4. The molecule has 1 unspecified atom stereocenters. The molecule has 0 spiro atoms. The maximum absolute atomic E-state index is 13.6. The molecule has 2 aliphatic rings. The first-order valence-corrected chi connectivity index (χ1v) is 14.1. The van der Waals surface area contributed by atoms with Gasteiger partial charge >= 0.3 is 12.4 Å². The molecule has 2 aromatic carbocycles. The van der Waals surface area contributed by atoms with Gasteiger partial charge in [-0.2, -0.15) is 26.3 Å². The largest absolute Gasteiger partial charge is 0.495 e. The third-order valence-corrected chi connectivity index (χ3v) is 7.97. The van der Waals surface area contributed by atoms with Crippen LogP contribution in [0.1, 0.15) is 27.0 Å². The topological polar surface area (TPSA) is 54.5 Å². The lowest BCUT2D eigenvalue weighted by Gasteiger charge is -2.43. The van der Waals surface area contributed by atoms with E-state index in [4.69, 9.17) is 25.8 Å². The first-order chi connectivity index (χ1) is 20.3. The van der Waals surface area contributed by atoms with Crippen LogP contribution in [0.2, 0.25) is 5.02 Å². The summed E-state index contributed by atoms with van der Waals surface area (Å²) in [7, 11) is 3.07. The second kappa shape index (κ2) is 16.7. The number of hydrogen-bond donors (Lipinski definition) is 0. The van der Waals surface area contributed by atoms with Gasteiger partial charge < -0.3 is 19.1 Å². The predicted octanol–water partition coefficient (Wildman–Crippen LogP) is 5.95. The number of piperazine rings is 1. The summed E-state index contributed by atoms with van der Waals surface area (Å²) in [4.78, 5) is 19.4. The van der Waals surface area contributed by atoms with Gasteiger partial charge in [-0.05, 0) is 42.3 Å². The van der Waals surface area contributed by atoms with Crippen LogP contribution in [0.15, 0.2) is 36.4 Å². The molecule has 0 aromatic heterocycles. The molecular formula is C29H36Cl3F6N3O4. The van der Waals surface area contributed by atoms with E-state index in [1.807, 2.05) is 0 Å². The molecule has 0 aliphatic carbocycles. The number of halogens is 9. The molecule has 254 valence electrons. The Hall–Kier alpha value is -2.00. The second-order valence-electron chi connectivity index (χ2n) is 10.7. The number of alkyl halides is 6. The highest BCUT2D eigenvalue weighted by atomic mass is 35.5. The van der Waals surface area contributed by atoms with E-state index in [-0.39, 0.29) is 49.9 Å². The van der Waals surface area contributed by atoms with E-state index < -0.39 is 41.0 Å². The quantitative estimate of drug-likeness (QED) is 0.301. The molecule has 2 fully saturated rings. The number of benzene rings is 2. The molecular weight excluding hydrogens is 675 g/mol. The molecule has 0 bridgehead atoms. The van der Waals surface area contributed by atoms with Crippen LogP contribution in [0, 0.1) is 0 Å². The molecule has 2 aromatic rings. The molecule has 2 heterocycles. The Labute approximate surface area is 275 Å². The van der Waals surface area contributed by atoms with Gasteiger partial charge in [0.05, 0.1) is 42.6 Å². The summed E-state index contributed by atoms with van der Waals surface area (Å²) in [5, 5.41) is 0.380. The van der Waals surface area contributed by atoms with Gasteiger partial charge in [-0.1, -0.05) is 17.7 Å². The van der Waals surface area contributed by atoms with E-state index in [9.17, 15) is 31.1 Å². The van der Waals surface area contributed by atoms with Crippen LogP contribution < -0.4 is 4.74 Å². The number of hydrogen-bond acceptors (Lipinski definition) is 6. The van der Waals surface area contributed by atoms with Crippen molar-refractivity contribution in [2.45, 2.75) is 30.9 Å². The Morgan fingerprint density at radius 2 is 1.53 bits per heavy atom. The maximum atomic E-state index is 13.6. The van der Waals surface area contributed by atoms with Gasteiger partial charge in [-0.3, -0.25) is 14.6 Å². The van der Waals surface area contributed by atoms with Gasteiger partial charge in [0, 0.05) is 64.5 Å². The Bertz CT molecular complexity index is 1240. The summed E-state index contributed by atoms with van der Waals surface area (Å²) in [6.07, 6.45) is -9.87. The SMILES string of the molecule is COC[C@@H]1CN(CCN2CCN(C(=O)c3cc(C(F)(F)F)cc(C(F)(F)F)c3)C(Cc3ccc(Cl)c(OC)c3)C2)CCO1.Cl.Cl. The molecule has 16 heteroatoms. The number of rotatable bonds is 9. The van der Waals surface area contributed by atoms with Crippen molar-refractivity contribution in [2.24, 2.45) is 0 Å². The summed E-state index contributed by atoms with van der Waals surface area (Å²) in [5.41, 5.74) is -2.96. The Kier molecular flexibility index (Phi) is 14.5. The van der Waals surface area contributed by atoms with E-state index in [0.717, 1.165) is 18.7 Å². The van der Waals surface area contributed by atoms with E-state index in [1.165, 1.54) is 12.0 Å². The number of nitrogens with zero attached hydrogens (tertiary/aromatic N) is 3. The average Bonchev–Trinajstić information content (AvgIpc) is 2.96. The third-order valence-electron chi connectivity index (χ3n) is 7.66. The number of carbonyl (C=O) groups excluding carboxylic acids is 1. The van der Waals surface area contributed by atoms with Gasteiger partial charge in [0.1, 0.15) is 5.75 Å². The predicted molar refractivity (Wildman–Crippen MR) is 162 cm³/mol. The Balaban J connectivity index is 0.00000353. The normalized spacial score (nSPS) is 19.9. The van der Waals surface area contributed by atoms with E-state index in [0.29, 0.717) is 62.3 Å². The molecule has 45 heavy (non-hydrogen) atoms. The maximum Gasteiger partial charge on any atom is 0.416 e. The molecule has 2 atom stereocenters. The smallest absolute Gasteiger partial charge is 0.416 e. The van der Waals surface area contributed by atoms with E-state index >= 15 is 0 Å². The fourth-order valence-electron chi connectivity index (χ4n) is 5.47. The summed E-state index contributed by atoms with van der Waals surface area (Å²) in [5.74, 6) is -0.479. The summed E-state index contributed by atoms with van der Waals surface area (Å²) in [6, 6.07) is 5.56. The lowest BCUT2D eigenvalue weighted by Crippen LogP contribution is -2.57. The monoisotopic (exact) mass is 709 g/mol. The lowest BCUT2D eigenvalue weighted by atomic mass is 9.99. The molecule has 4 rings (SSSR count). The fraction of sp³-hybridized carbons (Fsp3) is 0.552.